The number of carbonyl (C=O) groups is 4. The molecule has 7 atom stereocenters. The molecule has 8 nitrogen and oxygen atoms in total. The van der Waals surface area contributed by atoms with Crippen molar-refractivity contribution in [3.63, 3.8) is 0 Å². The number of ketones is 1. The number of aliphatic hydroxyl groups is 1. The highest BCUT2D eigenvalue weighted by Crippen LogP contribution is 2.56. The van der Waals surface area contributed by atoms with Gasteiger partial charge in [0.05, 0.1) is 17.4 Å². The second-order valence-corrected chi connectivity index (χ2v) is 11.2. The van der Waals surface area contributed by atoms with Gasteiger partial charge in [0.2, 0.25) is 0 Å². The monoisotopic (exact) mass is 538 g/mol. The minimum absolute atomic E-state index is 0.0986. The maximum absolute atomic E-state index is 13.3. The van der Waals surface area contributed by atoms with Gasteiger partial charge in [-0.1, -0.05) is 55.0 Å². The third-order valence-corrected chi connectivity index (χ3v) is 8.16. The smallest absolute Gasteiger partial charge is 0.328 e. The Bertz CT molecular complexity index is 1210. The molecule has 0 aromatic rings. The van der Waals surface area contributed by atoms with Gasteiger partial charge >= 0.3 is 17.9 Å². The van der Waals surface area contributed by atoms with E-state index in [1.54, 1.807) is 65.0 Å². The standard InChI is InChI=1S/C31H38O8/c1-18(10-8-12-25(33)34)9-7-11-20(3)28(36)21(4)29(37)38-23-16-19(2)15-22-13-14-30(5)31(6,27(22)23)24(32)17-26(35)39-30/h7-15,19,21,23,27-28,36H,16-17H2,1-6H3,(H,33,34)/b9-7+,12-8+,18-10-,20-11+. The molecule has 0 aromatic carbocycles. The second kappa shape index (κ2) is 11.7. The molecular formula is C31H38O8. The van der Waals surface area contributed by atoms with Crippen molar-refractivity contribution in [1.29, 1.82) is 0 Å². The fraction of sp³-hybridized carbons (Fsp3) is 0.484. The van der Waals surface area contributed by atoms with E-state index in [-0.39, 0.29) is 18.1 Å². The first-order valence-electron chi connectivity index (χ1n) is 13.2. The summed E-state index contributed by atoms with van der Waals surface area (Å²) in [6, 6.07) is 0. The Morgan fingerprint density at radius 3 is 2.49 bits per heavy atom. The van der Waals surface area contributed by atoms with Crippen molar-refractivity contribution in [3.8, 4) is 0 Å². The van der Waals surface area contributed by atoms with E-state index in [9.17, 15) is 24.3 Å². The number of rotatable bonds is 8. The van der Waals surface area contributed by atoms with E-state index in [1.807, 2.05) is 13.0 Å². The third kappa shape index (κ3) is 6.22. The lowest BCUT2D eigenvalue weighted by Gasteiger charge is -2.55. The summed E-state index contributed by atoms with van der Waals surface area (Å²) in [6.45, 7) is 10.6. The summed E-state index contributed by atoms with van der Waals surface area (Å²) < 4.78 is 11.7. The number of aliphatic carboxylic acids is 1. The van der Waals surface area contributed by atoms with Crippen LogP contribution in [0, 0.1) is 23.2 Å². The van der Waals surface area contributed by atoms with E-state index in [4.69, 9.17) is 14.6 Å². The molecule has 1 saturated heterocycles. The molecule has 0 saturated carbocycles. The van der Waals surface area contributed by atoms with Crippen molar-refractivity contribution < 1.29 is 38.9 Å². The highest BCUT2D eigenvalue weighted by atomic mass is 16.6. The molecule has 0 amide bonds. The third-order valence-electron chi connectivity index (χ3n) is 8.16. The Labute approximate surface area is 229 Å². The average Bonchev–Trinajstić information content (AvgIpc) is 2.84. The summed E-state index contributed by atoms with van der Waals surface area (Å²) in [5, 5.41) is 19.5. The summed E-state index contributed by atoms with van der Waals surface area (Å²) in [5.41, 5.74) is -0.0104. The molecule has 2 N–H and O–H groups in total. The summed E-state index contributed by atoms with van der Waals surface area (Å²) in [7, 11) is 0. The molecule has 210 valence electrons. The van der Waals surface area contributed by atoms with Crippen LogP contribution in [0.1, 0.15) is 54.4 Å². The molecule has 1 aliphatic heterocycles. The number of allylic oxidation sites excluding steroid dienone is 8. The van der Waals surface area contributed by atoms with Crippen LogP contribution in [0.2, 0.25) is 0 Å². The summed E-state index contributed by atoms with van der Waals surface area (Å²) >= 11 is 0. The molecule has 2 aliphatic carbocycles. The minimum atomic E-state index is -1.15. The molecule has 8 heteroatoms. The zero-order valence-electron chi connectivity index (χ0n) is 23.3. The Balaban J connectivity index is 1.77. The quantitative estimate of drug-likeness (QED) is 0.201. The van der Waals surface area contributed by atoms with Crippen molar-refractivity contribution in [3.05, 3.63) is 71.4 Å². The molecule has 0 spiro atoms. The first-order valence-corrected chi connectivity index (χ1v) is 13.2. The van der Waals surface area contributed by atoms with Gasteiger partial charge in [0.25, 0.3) is 0 Å². The predicted molar refractivity (Wildman–Crippen MR) is 145 cm³/mol. The van der Waals surface area contributed by atoms with Gasteiger partial charge < -0.3 is 19.7 Å². The number of fused-ring (bicyclic) bond motifs is 3. The van der Waals surface area contributed by atoms with Crippen LogP contribution in [-0.2, 0) is 28.7 Å². The summed E-state index contributed by atoms with van der Waals surface area (Å²) in [4.78, 5) is 49.3. The molecular weight excluding hydrogens is 500 g/mol. The maximum Gasteiger partial charge on any atom is 0.328 e. The molecule has 3 aliphatic rings. The molecule has 0 radical (unpaired) electrons. The first kappa shape index (κ1) is 30.0. The average molecular weight is 539 g/mol. The van der Waals surface area contributed by atoms with Crippen molar-refractivity contribution in [2.24, 2.45) is 23.2 Å². The van der Waals surface area contributed by atoms with Gasteiger partial charge in [0.1, 0.15) is 18.1 Å². The van der Waals surface area contributed by atoms with E-state index >= 15 is 0 Å². The van der Waals surface area contributed by atoms with Gasteiger partial charge in [-0.2, -0.15) is 0 Å². The molecule has 1 heterocycles. The lowest BCUT2D eigenvalue weighted by molar-refractivity contribution is -0.196. The van der Waals surface area contributed by atoms with Crippen LogP contribution < -0.4 is 0 Å². The second-order valence-electron chi connectivity index (χ2n) is 11.2. The minimum Gasteiger partial charge on any atom is -0.478 e. The highest BCUT2D eigenvalue weighted by Gasteiger charge is 2.64. The molecule has 3 rings (SSSR count). The number of hydrogen-bond acceptors (Lipinski definition) is 7. The number of carbonyl (C=O) groups excluding carboxylic acids is 3. The predicted octanol–water partition coefficient (Wildman–Crippen LogP) is 4.42. The van der Waals surface area contributed by atoms with Gasteiger partial charge in [-0.25, -0.2) is 4.79 Å². The van der Waals surface area contributed by atoms with Gasteiger partial charge in [0, 0.05) is 12.0 Å². The lowest BCUT2D eigenvalue weighted by Crippen LogP contribution is -2.63. The Hall–Kier alpha value is -3.52. The molecule has 7 unspecified atom stereocenters. The van der Waals surface area contributed by atoms with Crippen LogP contribution in [0.4, 0.5) is 0 Å². The van der Waals surface area contributed by atoms with Crippen molar-refractivity contribution in [1.82, 2.24) is 0 Å². The molecule has 39 heavy (non-hydrogen) atoms. The van der Waals surface area contributed by atoms with E-state index in [1.165, 1.54) is 6.08 Å². The number of ether oxygens (including phenoxy) is 2. The van der Waals surface area contributed by atoms with Crippen molar-refractivity contribution in [2.45, 2.75) is 72.2 Å². The Kier molecular flexibility index (Phi) is 9.01. The number of carboxylic acid groups (broad SMARTS) is 1. The van der Waals surface area contributed by atoms with Crippen LogP contribution in [-0.4, -0.2) is 51.7 Å². The lowest BCUT2D eigenvalue weighted by atomic mass is 9.53. The van der Waals surface area contributed by atoms with Gasteiger partial charge in [0.15, 0.2) is 5.78 Å². The highest BCUT2D eigenvalue weighted by molar-refractivity contribution is 6.03. The number of aliphatic hydroxyl groups excluding tert-OH is 1. The van der Waals surface area contributed by atoms with Crippen LogP contribution in [0.3, 0.4) is 0 Å². The van der Waals surface area contributed by atoms with Crippen LogP contribution in [0.15, 0.2) is 71.4 Å². The number of Topliss-reactive ketones (excluding diaryl/α,β-unsaturated/α-hetero) is 1. The van der Waals surface area contributed by atoms with E-state index in [0.717, 1.165) is 17.2 Å². The van der Waals surface area contributed by atoms with Crippen LogP contribution >= 0.6 is 0 Å². The fourth-order valence-electron chi connectivity index (χ4n) is 5.68. The van der Waals surface area contributed by atoms with Crippen LogP contribution in [0.5, 0.6) is 0 Å². The summed E-state index contributed by atoms with van der Waals surface area (Å²) in [5.74, 6) is -3.66. The zero-order chi connectivity index (χ0) is 29.1. The van der Waals surface area contributed by atoms with Gasteiger partial charge in [-0.3, -0.25) is 14.4 Å². The Morgan fingerprint density at radius 1 is 1.15 bits per heavy atom. The zero-order valence-corrected chi connectivity index (χ0v) is 23.3. The molecule has 0 bridgehead atoms. The molecule has 0 aromatic heterocycles. The maximum atomic E-state index is 13.3. The van der Waals surface area contributed by atoms with Crippen molar-refractivity contribution >= 4 is 23.7 Å². The van der Waals surface area contributed by atoms with E-state index in [2.05, 4.69) is 6.08 Å². The Morgan fingerprint density at radius 2 is 1.82 bits per heavy atom. The van der Waals surface area contributed by atoms with Crippen molar-refractivity contribution in [2.75, 3.05) is 0 Å². The van der Waals surface area contributed by atoms with E-state index < -0.39 is 53.0 Å². The normalized spacial score (nSPS) is 32.8. The topological polar surface area (TPSA) is 127 Å². The largest absolute Gasteiger partial charge is 0.478 e. The number of carboxylic acids is 1. The molecule has 1 fully saturated rings. The van der Waals surface area contributed by atoms with Crippen LogP contribution in [0.25, 0.3) is 0 Å². The SMILES string of the molecule is CC(=C/C=C/C(=O)O)/C=C/C=C(\C)C(O)C(C)C(=O)OC1CC(C)C=C2C=CC3(C)OC(=O)CC(=O)C3(C)C21. The van der Waals surface area contributed by atoms with E-state index in [0.29, 0.717) is 12.0 Å². The number of esters is 2. The van der Waals surface area contributed by atoms with Gasteiger partial charge in [-0.05, 0) is 64.2 Å². The number of hydrogen-bond donors (Lipinski definition) is 2. The first-order chi connectivity index (χ1) is 18.2. The fourth-order valence-corrected chi connectivity index (χ4v) is 5.68. The summed E-state index contributed by atoms with van der Waals surface area (Å²) in [6.07, 6.45) is 13.4. The van der Waals surface area contributed by atoms with Gasteiger partial charge in [-0.15, -0.1) is 0 Å².